The van der Waals surface area contributed by atoms with E-state index in [2.05, 4.69) is 13.8 Å². The smallest absolute Gasteiger partial charge is 0.346 e. The van der Waals surface area contributed by atoms with Crippen molar-refractivity contribution in [1.82, 2.24) is 0 Å². The molecule has 0 spiro atoms. The molecule has 0 aliphatic carbocycles. The Balaban J connectivity index is -0.0000000315. The van der Waals surface area contributed by atoms with Crippen molar-refractivity contribution in [2.24, 2.45) is 0 Å². The van der Waals surface area contributed by atoms with Crippen LogP contribution in [0.1, 0.15) is 13.8 Å². The SMILES string of the molecule is O=P(O)(O)O.[CH2-]C.[CH2-]C.[Zn+2]. The summed E-state index contributed by atoms with van der Waals surface area (Å²) < 4.78 is 8.88. The maximum absolute atomic E-state index is 8.88. The second kappa shape index (κ2) is 16.4. The van der Waals surface area contributed by atoms with E-state index in [0.717, 1.165) is 0 Å². The third kappa shape index (κ3) is 971. The average molecular weight is 222 g/mol. The number of hydrogen-bond acceptors (Lipinski definition) is 1. The monoisotopic (exact) mass is 220 g/mol. The Hall–Kier alpha value is 0.733. The third-order valence-corrected chi connectivity index (χ3v) is 0. The van der Waals surface area contributed by atoms with Crippen molar-refractivity contribution >= 4 is 7.82 Å². The summed E-state index contributed by atoms with van der Waals surface area (Å²) in [7, 11) is -4.64. The van der Waals surface area contributed by atoms with Crippen LogP contribution in [0.5, 0.6) is 0 Å². The molecule has 60 valence electrons. The van der Waals surface area contributed by atoms with Crippen molar-refractivity contribution in [3.05, 3.63) is 13.8 Å². The quantitative estimate of drug-likeness (QED) is 0.320. The third-order valence-electron chi connectivity index (χ3n) is 0. The normalized spacial score (nSPS) is 7.10. The fourth-order valence-corrected chi connectivity index (χ4v) is 0. The van der Waals surface area contributed by atoms with E-state index in [-0.39, 0.29) is 19.5 Å². The molecule has 0 aromatic heterocycles. The van der Waals surface area contributed by atoms with Crippen LogP contribution in [0.2, 0.25) is 0 Å². The van der Waals surface area contributed by atoms with Gasteiger partial charge in [0.15, 0.2) is 0 Å². The van der Waals surface area contributed by atoms with E-state index >= 15 is 0 Å². The molecule has 6 heteroatoms. The van der Waals surface area contributed by atoms with Gasteiger partial charge in [0.1, 0.15) is 0 Å². The zero-order valence-electron chi connectivity index (χ0n) is 6.32. The Morgan fingerprint density at radius 2 is 1.00 bits per heavy atom. The molecule has 0 fully saturated rings. The van der Waals surface area contributed by atoms with E-state index < -0.39 is 7.82 Å². The maximum atomic E-state index is 8.88. The fourth-order valence-electron chi connectivity index (χ4n) is 0. The van der Waals surface area contributed by atoms with Gasteiger partial charge in [0.05, 0.1) is 0 Å². The second-order valence-electron chi connectivity index (χ2n) is 0.513. The van der Waals surface area contributed by atoms with Crippen LogP contribution in [-0.2, 0) is 24.0 Å². The van der Waals surface area contributed by atoms with Gasteiger partial charge in [-0.2, -0.15) is 13.8 Å². The molecule has 0 atom stereocenters. The van der Waals surface area contributed by atoms with Gasteiger partial charge in [-0.1, -0.05) is 0 Å². The Kier molecular flexibility index (Phi) is 36.7. The molecule has 0 heterocycles. The van der Waals surface area contributed by atoms with Crippen molar-refractivity contribution in [3.63, 3.8) is 0 Å². The van der Waals surface area contributed by atoms with E-state index in [4.69, 9.17) is 19.2 Å². The molecule has 0 amide bonds. The molecule has 4 nitrogen and oxygen atoms in total. The van der Waals surface area contributed by atoms with Crippen LogP contribution in [0.15, 0.2) is 0 Å². The average Bonchev–Trinajstić information content (AvgIpc) is 1.72. The summed E-state index contributed by atoms with van der Waals surface area (Å²) in [5.74, 6) is 0. The van der Waals surface area contributed by atoms with Crippen LogP contribution in [0.4, 0.5) is 0 Å². The Morgan fingerprint density at radius 1 is 1.00 bits per heavy atom. The van der Waals surface area contributed by atoms with Gasteiger partial charge < -0.3 is 28.5 Å². The molecule has 0 radical (unpaired) electrons. The standard InChI is InChI=1S/2C2H5.H3O4P.Zn/c2*1-2;1-5(2,3)4;/h2*1H2,2H3;(H3,1,2,3,4);/q2*-1;;+2. The van der Waals surface area contributed by atoms with Gasteiger partial charge in [-0.05, 0) is 0 Å². The summed E-state index contributed by atoms with van der Waals surface area (Å²) in [6.07, 6.45) is 0. The van der Waals surface area contributed by atoms with Gasteiger partial charge in [0, 0.05) is 0 Å². The molecule has 0 unspecified atom stereocenters. The molecule has 0 aliphatic heterocycles. The molecule has 0 aliphatic rings. The van der Waals surface area contributed by atoms with Crippen LogP contribution in [0.3, 0.4) is 0 Å². The Labute approximate surface area is 74.7 Å². The molecule has 0 rings (SSSR count). The van der Waals surface area contributed by atoms with Gasteiger partial charge >= 0.3 is 27.3 Å². The summed E-state index contributed by atoms with van der Waals surface area (Å²) in [5.41, 5.74) is 0. The minimum atomic E-state index is -4.64. The summed E-state index contributed by atoms with van der Waals surface area (Å²) in [6, 6.07) is 0. The molecule has 0 bridgehead atoms. The second-order valence-corrected chi connectivity index (χ2v) is 1.54. The predicted molar refractivity (Wildman–Crippen MR) is 36.3 cm³/mol. The summed E-state index contributed by atoms with van der Waals surface area (Å²) >= 11 is 0. The van der Waals surface area contributed by atoms with Crippen LogP contribution in [0, 0.1) is 13.8 Å². The van der Waals surface area contributed by atoms with E-state index in [1.165, 1.54) is 0 Å². The van der Waals surface area contributed by atoms with Crippen molar-refractivity contribution in [1.29, 1.82) is 0 Å². The van der Waals surface area contributed by atoms with Gasteiger partial charge in [-0.25, -0.2) is 4.57 Å². The Bertz CT molecular complexity index is 63.4. The van der Waals surface area contributed by atoms with E-state index in [1.807, 2.05) is 0 Å². The fraction of sp³-hybridized carbons (Fsp3) is 0.500. The molecular weight excluding hydrogens is 208 g/mol. The van der Waals surface area contributed by atoms with E-state index in [1.54, 1.807) is 13.8 Å². The van der Waals surface area contributed by atoms with Gasteiger partial charge in [-0.15, -0.1) is 0 Å². The van der Waals surface area contributed by atoms with E-state index in [0.29, 0.717) is 0 Å². The molecule has 0 saturated heterocycles. The van der Waals surface area contributed by atoms with Crippen LogP contribution in [0.25, 0.3) is 0 Å². The molecule has 0 aromatic carbocycles. The van der Waals surface area contributed by atoms with Crippen molar-refractivity contribution in [3.8, 4) is 0 Å². The molecular formula is C4H13O4PZn. The summed E-state index contributed by atoms with van der Waals surface area (Å²) in [4.78, 5) is 21.6. The van der Waals surface area contributed by atoms with E-state index in [9.17, 15) is 0 Å². The zero-order valence-corrected chi connectivity index (χ0v) is 10.2. The molecule has 10 heavy (non-hydrogen) atoms. The first-order chi connectivity index (χ1) is 4.00. The predicted octanol–water partition coefficient (Wildman–Crippen LogP) is 0.750. The van der Waals surface area contributed by atoms with Crippen molar-refractivity contribution < 1.29 is 38.7 Å². The van der Waals surface area contributed by atoms with Gasteiger partial charge in [0.2, 0.25) is 0 Å². The van der Waals surface area contributed by atoms with Crippen LogP contribution >= 0.6 is 7.82 Å². The number of rotatable bonds is 0. The summed E-state index contributed by atoms with van der Waals surface area (Å²) in [6.45, 7) is 10.0. The van der Waals surface area contributed by atoms with Crippen LogP contribution < -0.4 is 0 Å². The summed E-state index contributed by atoms with van der Waals surface area (Å²) in [5, 5.41) is 0. The molecule has 3 N–H and O–H groups in total. The maximum Gasteiger partial charge on any atom is 2.00 e. The van der Waals surface area contributed by atoms with Gasteiger partial charge in [-0.3, -0.25) is 0 Å². The first-order valence-electron chi connectivity index (χ1n) is 2.20. The van der Waals surface area contributed by atoms with Gasteiger partial charge in [0.25, 0.3) is 0 Å². The largest absolute Gasteiger partial charge is 2.00 e. The number of phosphoric acid groups is 1. The molecule has 0 saturated carbocycles. The number of hydrogen-bond donors (Lipinski definition) is 3. The zero-order chi connectivity index (χ0) is 8.50. The molecule has 0 aromatic rings. The minimum Gasteiger partial charge on any atom is -0.346 e. The first kappa shape index (κ1) is 22.4. The Morgan fingerprint density at radius 3 is 1.00 bits per heavy atom. The topological polar surface area (TPSA) is 77.8 Å². The first-order valence-corrected chi connectivity index (χ1v) is 3.76. The minimum absolute atomic E-state index is 0. The van der Waals surface area contributed by atoms with Crippen molar-refractivity contribution in [2.75, 3.05) is 0 Å². The van der Waals surface area contributed by atoms with Crippen molar-refractivity contribution in [2.45, 2.75) is 13.8 Å². The van der Waals surface area contributed by atoms with Crippen LogP contribution in [-0.4, -0.2) is 14.7 Å².